The number of aromatic nitrogens is 2. The molecule has 2 aromatic heterocycles. The monoisotopic (exact) mass is 566 g/mol. The highest BCUT2D eigenvalue weighted by Crippen LogP contribution is 2.20. The Morgan fingerprint density at radius 1 is 1.00 bits per heavy atom. The van der Waals surface area contributed by atoms with Crippen LogP contribution in [0.15, 0.2) is 43.3 Å². The first kappa shape index (κ1) is 25.2. The van der Waals surface area contributed by atoms with Gasteiger partial charge < -0.3 is 5.73 Å². The zero-order valence-corrected chi connectivity index (χ0v) is 20.1. The molecule has 2 N–H and O–H groups in total. The number of hydrogen-bond donors (Lipinski definition) is 1. The molecule has 2 rings (SSSR count). The first-order chi connectivity index (χ1) is 13.4. The summed E-state index contributed by atoms with van der Waals surface area (Å²) < 4.78 is 47.3. The highest BCUT2D eigenvalue weighted by atomic mass is 79.9. The van der Waals surface area contributed by atoms with E-state index in [9.17, 15) is 21.6 Å². The molecule has 0 saturated carbocycles. The minimum atomic E-state index is -3.49. The van der Waals surface area contributed by atoms with Crippen molar-refractivity contribution in [2.75, 3.05) is 11.5 Å². The van der Waals surface area contributed by atoms with Crippen LogP contribution in [0.25, 0.3) is 0 Å². The van der Waals surface area contributed by atoms with Gasteiger partial charge in [0.1, 0.15) is 16.7 Å². The third-order valence-electron chi connectivity index (χ3n) is 3.41. The number of nitrogens with two attached hydrogens (primary N) is 1. The van der Waals surface area contributed by atoms with E-state index in [1.54, 1.807) is 6.07 Å². The van der Waals surface area contributed by atoms with Crippen LogP contribution in [0.2, 0.25) is 0 Å². The summed E-state index contributed by atoms with van der Waals surface area (Å²) in [5, 5.41) is 8.68. The summed E-state index contributed by atoms with van der Waals surface area (Å²) in [7, 11) is -6.87. The fraction of sp³-hybridized carbons (Fsp3) is 0.250. The number of carbonyl (C=O) groups excluding carboxylic acids is 1. The molecule has 0 atom stereocenters. The molecule has 0 bridgehead atoms. The van der Waals surface area contributed by atoms with Crippen LogP contribution in [0.3, 0.4) is 0 Å². The van der Waals surface area contributed by atoms with Crippen molar-refractivity contribution in [3.8, 4) is 6.07 Å². The van der Waals surface area contributed by atoms with Gasteiger partial charge in [-0.15, -0.1) is 0 Å². The molecule has 0 aliphatic carbocycles. The first-order valence-electron chi connectivity index (χ1n) is 7.86. The number of halogens is 2. The van der Waals surface area contributed by atoms with E-state index in [-0.39, 0.29) is 32.7 Å². The number of amides is 1. The molecular formula is C16H16Br2N4O5S2. The number of primary amides is 1. The van der Waals surface area contributed by atoms with Gasteiger partial charge in [-0.05, 0) is 44.0 Å². The Bertz CT molecular complexity index is 1180. The predicted molar refractivity (Wildman–Crippen MR) is 113 cm³/mol. The number of nitriles is 1. The number of rotatable bonds is 5. The van der Waals surface area contributed by atoms with Gasteiger partial charge in [-0.3, -0.25) is 4.79 Å². The SMILES string of the molecule is CCS(=O)(=O)c1cc(Br)cnc1C#N.CCS(=O)(=O)c1cc(Br)cnc1C(N)=O. The van der Waals surface area contributed by atoms with Crippen LogP contribution in [-0.4, -0.2) is 44.2 Å². The van der Waals surface area contributed by atoms with Crippen LogP contribution in [0.4, 0.5) is 0 Å². The van der Waals surface area contributed by atoms with Crippen molar-refractivity contribution in [1.29, 1.82) is 5.26 Å². The van der Waals surface area contributed by atoms with Gasteiger partial charge in [-0.1, -0.05) is 13.8 Å². The molecule has 0 saturated heterocycles. The van der Waals surface area contributed by atoms with E-state index in [1.807, 2.05) is 0 Å². The standard InChI is InChI=1S/C8H9BrN2O3S.C8H7BrN2O2S/c1-2-15(13,14)6-3-5(9)4-11-7(6)8(10)12;1-2-14(12,13)8-3-6(9)5-11-7(8)4-10/h3-4H,2H2,1H3,(H2,10,12);3,5H,2H2,1H3. The quantitative estimate of drug-likeness (QED) is 0.575. The topological polar surface area (TPSA) is 161 Å². The van der Waals surface area contributed by atoms with Crippen molar-refractivity contribution in [3.05, 3.63) is 44.9 Å². The molecule has 9 nitrogen and oxygen atoms in total. The highest BCUT2D eigenvalue weighted by molar-refractivity contribution is 9.10. The molecule has 0 radical (unpaired) electrons. The van der Waals surface area contributed by atoms with Crippen LogP contribution in [0.1, 0.15) is 30.0 Å². The Kier molecular flexibility index (Phi) is 8.88. The number of pyridine rings is 2. The van der Waals surface area contributed by atoms with E-state index >= 15 is 0 Å². The predicted octanol–water partition coefficient (Wildman–Crippen LogP) is 2.25. The molecule has 2 aromatic rings. The average molecular weight is 568 g/mol. The van der Waals surface area contributed by atoms with E-state index in [2.05, 4.69) is 41.8 Å². The summed E-state index contributed by atoms with van der Waals surface area (Å²) in [4.78, 5) is 18.2. The Balaban J connectivity index is 0.000000291. The molecule has 13 heteroatoms. The summed E-state index contributed by atoms with van der Waals surface area (Å²) in [6.45, 7) is 3.01. The summed E-state index contributed by atoms with van der Waals surface area (Å²) in [6.07, 6.45) is 2.72. The Labute approximate surface area is 185 Å². The molecule has 1 amide bonds. The number of hydrogen-bond acceptors (Lipinski definition) is 8. The smallest absolute Gasteiger partial charge is 0.268 e. The minimum absolute atomic E-state index is 0.0168. The van der Waals surface area contributed by atoms with Gasteiger partial charge in [0.25, 0.3) is 5.91 Å². The van der Waals surface area contributed by atoms with Gasteiger partial charge >= 0.3 is 0 Å². The Morgan fingerprint density at radius 2 is 1.45 bits per heavy atom. The number of carbonyl (C=O) groups is 1. The molecule has 0 spiro atoms. The zero-order valence-electron chi connectivity index (χ0n) is 15.3. The Morgan fingerprint density at radius 3 is 1.90 bits per heavy atom. The van der Waals surface area contributed by atoms with Crippen LogP contribution >= 0.6 is 31.9 Å². The second-order valence-corrected chi connectivity index (χ2v) is 11.6. The fourth-order valence-corrected chi connectivity index (χ4v) is 4.94. The van der Waals surface area contributed by atoms with Gasteiger partial charge in [0.05, 0.1) is 16.4 Å². The molecule has 156 valence electrons. The normalized spacial score (nSPS) is 11.1. The lowest BCUT2D eigenvalue weighted by Crippen LogP contribution is -2.19. The molecule has 0 unspecified atom stereocenters. The summed E-state index contributed by atoms with van der Waals surface area (Å²) in [5.74, 6) is -1.000. The van der Waals surface area contributed by atoms with Crippen molar-refractivity contribution < 1.29 is 21.6 Å². The lowest BCUT2D eigenvalue weighted by atomic mass is 10.3. The second-order valence-electron chi connectivity index (χ2n) is 5.28. The van der Waals surface area contributed by atoms with Gasteiger partial charge in [-0.25, -0.2) is 26.8 Å². The maximum atomic E-state index is 11.6. The summed E-state index contributed by atoms with van der Waals surface area (Å²) in [6, 6.07) is 4.47. The number of sulfone groups is 2. The fourth-order valence-electron chi connectivity index (χ4n) is 1.90. The zero-order chi connectivity index (χ0) is 22.4. The van der Waals surface area contributed by atoms with Crippen LogP contribution in [0.5, 0.6) is 0 Å². The van der Waals surface area contributed by atoms with E-state index in [4.69, 9.17) is 11.0 Å². The van der Waals surface area contributed by atoms with Crippen molar-refractivity contribution in [3.63, 3.8) is 0 Å². The van der Waals surface area contributed by atoms with Crippen molar-refractivity contribution in [2.24, 2.45) is 5.73 Å². The van der Waals surface area contributed by atoms with Gasteiger partial charge in [-0.2, -0.15) is 5.26 Å². The van der Waals surface area contributed by atoms with Crippen molar-refractivity contribution in [2.45, 2.75) is 23.6 Å². The molecule has 0 aromatic carbocycles. The third kappa shape index (κ3) is 6.56. The summed E-state index contributed by atoms with van der Waals surface area (Å²) >= 11 is 6.20. The minimum Gasteiger partial charge on any atom is -0.364 e. The highest BCUT2D eigenvalue weighted by Gasteiger charge is 2.21. The van der Waals surface area contributed by atoms with E-state index in [0.29, 0.717) is 8.95 Å². The van der Waals surface area contributed by atoms with Gasteiger partial charge in [0, 0.05) is 21.3 Å². The van der Waals surface area contributed by atoms with Crippen molar-refractivity contribution in [1.82, 2.24) is 9.97 Å². The first-order valence-corrected chi connectivity index (χ1v) is 12.7. The molecular weight excluding hydrogens is 552 g/mol. The molecule has 2 heterocycles. The number of nitrogens with zero attached hydrogens (tertiary/aromatic N) is 3. The van der Waals surface area contributed by atoms with Gasteiger partial charge in [0.15, 0.2) is 25.4 Å². The molecule has 0 aliphatic heterocycles. The van der Waals surface area contributed by atoms with Crippen LogP contribution < -0.4 is 5.73 Å². The third-order valence-corrected chi connectivity index (χ3v) is 7.76. The average Bonchev–Trinajstić information content (AvgIpc) is 2.68. The van der Waals surface area contributed by atoms with Crippen molar-refractivity contribution >= 4 is 57.4 Å². The Hall–Kier alpha value is -1.88. The second kappa shape index (κ2) is 10.2. The molecule has 0 fully saturated rings. The van der Waals surface area contributed by atoms with E-state index < -0.39 is 25.6 Å². The maximum absolute atomic E-state index is 11.6. The van der Waals surface area contributed by atoms with E-state index in [0.717, 1.165) is 0 Å². The summed E-state index contributed by atoms with van der Waals surface area (Å²) in [5.41, 5.74) is 4.75. The lowest BCUT2D eigenvalue weighted by molar-refractivity contribution is 0.0992. The van der Waals surface area contributed by atoms with Crippen LogP contribution in [0, 0.1) is 11.3 Å². The molecule has 29 heavy (non-hydrogen) atoms. The maximum Gasteiger partial charge on any atom is 0.268 e. The van der Waals surface area contributed by atoms with Gasteiger partial charge in [0.2, 0.25) is 0 Å². The molecule has 0 aliphatic rings. The largest absolute Gasteiger partial charge is 0.364 e. The van der Waals surface area contributed by atoms with Crippen LogP contribution in [-0.2, 0) is 19.7 Å². The lowest BCUT2D eigenvalue weighted by Gasteiger charge is -2.05. The van der Waals surface area contributed by atoms with E-state index in [1.165, 1.54) is 38.4 Å².